The van der Waals surface area contributed by atoms with Crippen molar-refractivity contribution in [3.63, 3.8) is 0 Å². The van der Waals surface area contributed by atoms with Crippen LogP contribution in [0.1, 0.15) is 365 Å². The molecule has 0 saturated carbocycles. The third kappa shape index (κ3) is 51.6. The first-order valence-corrected chi connectivity index (χ1v) is 47.1. The summed E-state index contributed by atoms with van der Waals surface area (Å²) in [5.41, 5.74) is 37.9. The van der Waals surface area contributed by atoms with Crippen LogP contribution in [0.25, 0.3) is 0 Å². The minimum Gasteiger partial charge on any atom is -0.396 e. The number of carbonyl (C=O) groups is 3. The van der Waals surface area contributed by atoms with E-state index in [1.165, 1.54) is 90.8 Å². The molecule has 2 aromatic heterocycles. The molecule has 0 aliphatic rings. The summed E-state index contributed by atoms with van der Waals surface area (Å²) in [7, 11) is 2.09. The van der Waals surface area contributed by atoms with Gasteiger partial charge in [0.2, 0.25) is 23.7 Å². The zero-order valence-electron chi connectivity index (χ0n) is 81.2. The van der Waals surface area contributed by atoms with Gasteiger partial charge in [-0.25, -0.2) is 9.97 Å². The lowest BCUT2D eigenvalue weighted by atomic mass is 9.95. The monoisotopic (exact) mass is 1700 g/mol. The molecule has 2 amide bonds. The van der Waals surface area contributed by atoms with Crippen LogP contribution < -0.4 is 32.7 Å². The molecule has 16 nitrogen and oxygen atoms in total. The second kappa shape index (κ2) is 64.8. The van der Waals surface area contributed by atoms with Gasteiger partial charge in [-0.15, -0.1) is 0 Å². The normalized spacial score (nSPS) is 13.4. The molecule has 0 aliphatic heterocycles. The van der Waals surface area contributed by atoms with Gasteiger partial charge >= 0.3 is 0 Å². The molecule has 16 heteroatoms. The van der Waals surface area contributed by atoms with Crippen molar-refractivity contribution in [2.75, 3.05) is 62.0 Å². The molecule has 0 unspecified atom stereocenters. The molecule has 4 aromatic rings. The number of nitrogens with zero attached hydrogens (tertiary/aromatic N) is 5. The van der Waals surface area contributed by atoms with Crippen molar-refractivity contribution in [1.82, 2.24) is 35.5 Å². The van der Waals surface area contributed by atoms with Crippen molar-refractivity contribution < 1.29 is 24.6 Å². The van der Waals surface area contributed by atoms with Crippen molar-refractivity contribution in [2.24, 2.45) is 0 Å². The molecule has 0 saturated heterocycles. The van der Waals surface area contributed by atoms with Crippen LogP contribution in [0.4, 0.5) is 23.5 Å². The van der Waals surface area contributed by atoms with Crippen LogP contribution >= 0.6 is 0 Å². The molecule has 124 heavy (non-hydrogen) atoms. The highest BCUT2D eigenvalue weighted by atomic mass is 16.3. The summed E-state index contributed by atoms with van der Waals surface area (Å²) in [6, 6.07) is 14.5. The average Bonchev–Trinajstić information content (AvgIpc) is 0.584. The van der Waals surface area contributed by atoms with Gasteiger partial charge in [0, 0.05) is 99.0 Å². The minimum absolute atomic E-state index is 0.0000856. The minimum atomic E-state index is -0.121. The van der Waals surface area contributed by atoms with Gasteiger partial charge in [0.15, 0.2) is 5.78 Å². The van der Waals surface area contributed by atoms with Crippen LogP contribution in [0.5, 0.6) is 0 Å². The number of aromatic nitrogens is 4. The summed E-state index contributed by atoms with van der Waals surface area (Å²) in [6.45, 7) is 43.9. The largest absolute Gasteiger partial charge is 0.396 e. The first kappa shape index (κ1) is 109. The second-order valence-corrected chi connectivity index (χ2v) is 35.8. The third-order valence-corrected chi connectivity index (χ3v) is 22.9. The molecule has 2 heterocycles. The van der Waals surface area contributed by atoms with E-state index >= 15 is 0 Å². The predicted octanol–water partition coefficient (Wildman–Crippen LogP) is 26.1. The number of aliphatic hydroxyl groups excluding tert-OH is 2. The smallest absolute Gasteiger partial charge is 0.222 e. The van der Waals surface area contributed by atoms with Gasteiger partial charge in [0.05, 0.1) is 12.6 Å². The number of benzene rings is 2. The first-order valence-electron chi connectivity index (χ1n) is 47.1. The van der Waals surface area contributed by atoms with Gasteiger partial charge in [-0.1, -0.05) is 203 Å². The molecule has 686 valence electrons. The highest BCUT2D eigenvalue weighted by Gasteiger charge is 2.20. The van der Waals surface area contributed by atoms with Gasteiger partial charge in [-0.2, -0.15) is 9.97 Å². The summed E-state index contributed by atoms with van der Waals surface area (Å²) in [4.78, 5) is 58.3. The van der Waals surface area contributed by atoms with E-state index in [1.807, 2.05) is 39.0 Å². The number of Topliss-reactive ketones (excluding diaryl/α,β-unsaturated/α-hetero) is 1. The Bertz CT molecular complexity index is 4220. The molecule has 0 radical (unpaired) electrons. The SMILES string of the molecule is CCC[C@@H](CCO)Nc1nc(N)nc(C)c1Cc1ccc(CN(C)CCNC(=O)CC/C(C)=C/CC/C(C)=C/CC/C(C)=C/CC/C=C(\C)CC/C=C(\C)CCC=C(C)C)cc1.CCC[C@@H](CO)Nc1nc(N)nc(C)c1Cc1ccc(C(=O)CCCNC(=O)CC/C(C)=C/CC/C(C)=C/CC/C(C)=C/CC/C=C(\C)CC/C=C(\C)CCC=C(C)C)cc1C. The Hall–Kier alpha value is -8.83. The summed E-state index contributed by atoms with van der Waals surface area (Å²) in [6.07, 6.45) is 59.8. The molecule has 2 aromatic carbocycles. The number of likely N-dealkylation sites (N-methyl/N-ethyl adjacent to an activating group) is 1. The Kier molecular flexibility index (Phi) is 57.2. The lowest BCUT2D eigenvalue weighted by molar-refractivity contribution is -0.121. The van der Waals surface area contributed by atoms with Crippen LogP contribution in [-0.4, -0.2) is 105 Å². The Morgan fingerprint density at radius 1 is 0.411 bits per heavy atom. The van der Waals surface area contributed by atoms with Gasteiger partial charge in [0.25, 0.3) is 0 Å². The van der Waals surface area contributed by atoms with Crippen LogP contribution in [-0.2, 0) is 29.0 Å². The number of carbonyl (C=O) groups excluding carboxylic acids is 3. The van der Waals surface area contributed by atoms with Crippen molar-refractivity contribution in [1.29, 1.82) is 0 Å². The van der Waals surface area contributed by atoms with Gasteiger partial charge < -0.3 is 47.8 Å². The zero-order chi connectivity index (χ0) is 91.6. The van der Waals surface area contributed by atoms with Crippen LogP contribution in [0.2, 0.25) is 0 Å². The number of hydrogen-bond acceptors (Lipinski definition) is 14. The quantitative estimate of drug-likeness (QED) is 0.0116. The van der Waals surface area contributed by atoms with Gasteiger partial charge in [-0.3, -0.25) is 14.4 Å². The number of aryl methyl sites for hydroxylation is 3. The van der Waals surface area contributed by atoms with Crippen molar-refractivity contribution in [2.45, 2.75) is 362 Å². The van der Waals surface area contributed by atoms with E-state index < -0.39 is 0 Å². The fraction of sp³-hybridized carbons (Fsp3) is 0.565. The fourth-order valence-electron chi connectivity index (χ4n) is 14.8. The van der Waals surface area contributed by atoms with E-state index in [4.69, 9.17) is 11.5 Å². The van der Waals surface area contributed by atoms with Crippen LogP contribution in [0.15, 0.2) is 182 Å². The molecular weight excluding hydrogens is 1530 g/mol. The lowest BCUT2D eigenvalue weighted by Gasteiger charge is -2.21. The summed E-state index contributed by atoms with van der Waals surface area (Å²) >= 11 is 0. The van der Waals surface area contributed by atoms with Crippen LogP contribution in [0.3, 0.4) is 0 Å². The number of amides is 2. The average molecular weight is 1700 g/mol. The Balaban J connectivity index is 0.000000640. The van der Waals surface area contributed by atoms with Crippen molar-refractivity contribution >= 4 is 41.1 Å². The zero-order valence-corrected chi connectivity index (χ0v) is 81.2. The summed E-state index contributed by atoms with van der Waals surface area (Å²) in [5, 5.41) is 32.4. The Morgan fingerprint density at radius 2 is 0.766 bits per heavy atom. The number of ketones is 1. The number of nitrogens with one attached hydrogen (secondary N) is 4. The van der Waals surface area contributed by atoms with E-state index in [1.54, 1.807) is 0 Å². The maximum atomic E-state index is 13.1. The number of rotatable bonds is 61. The molecule has 10 N–H and O–H groups in total. The van der Waals surface area contributed by atoms with E-state index in [-0.39, 0.29) is 54.8 Å². The molecule has 2 atom stereocenters. The fourth-order valence-corrected chi connectivity index (χ4v) is 14.8. The molecular formula is C108H169N11O5. The van der Waals surface area contributed by atoms with E-state index in [9.17, 15) is 24.6 Å². The van der Waals surface area contributed by atoms with Gasteiger partial charge in [-0.05, 0) is 320 Å². The summed E-state index contributed by atoms with van der Waals surface area (Å²) in [5.74, 6) is 2.03. The van der Waals surface area contributed by atoms with E-state index in [2.05, 4.69) is 261 Å². The molecule has 4 rings (SSSR count). The first-order chi connectivity index (χ1) is 59.3. The Morgan fingerprint density at radius 3 is 1.15 bits per heavy atom. The number of anilines is 4. The number of allylic oxidation sites excluding steroid dienone is 24. The lowest BCUT2D eigenvalue weighted by Crippen LogP contribution is -2.32. The van der Waals surface area contributed by atoms with Crippen LogP contribution in [0, 0.1) is 20.8 Å². The third-order valence-electron chi connectivity index (χ3n) is 22.9. The standard InChI is InChI=1S/C54H86N6O2.C54H83N5O3/c1-11-18-50(35-38-61)58-53-51(47(9)57-54(55)59-53)39-48-30-32-49(33-31-48)40-60(10)37-36-56-52(62)34-29-46(8)28-17-27-45(7)26-16-24-43(5)21-13-12-20-42(4)23-15-25-44(6)22-14-19-41(2)3;1-11-19-49(38-60)58-53-50(46(10)57-54(55)59-53)37-47-32-33-48(36-45(47)9)51(61)30-18-35-56-52(62)34-31-44(8)29-17-28-43(7)27-16-25-41(5)22-13-12-21-40(4)24-15-26-42(6)23-14-20-39(2)3/h19-21,25-26,28,30-33,50,61H,11-18,22-24,27,29,34-40H2,1-10H3,(H,56,62)(H3,55,57,58,59);20-22,26-27,29,32-33,36,49,60H,11-19,23-25,28,30-31,34-35,37-38H2,1-10H3,(H,56,62)(H3,55,57,58,59)/b42-20+,43-21+,44-25+,45-26+,46-28+;40-21+,41-22+,42-26+,43-27+,44-29+/t50-;49-/m00/s1. The van der Waals surface area contributed by atoms with Crippen molar-refractivity contribution in [3.8, 4) is 0 Å². The predicted molar refractivity (Wildman–Crippen MR) is 532 cm³/mol. The summed E-state index contributed by atoms with van der Waals surface area (Å²) < 4.78 is 0. The highest BCUT2D eigenvalue weighted by Crippen LogP contribution is 2.28. The maximum Gasteiger partial charge on any atom is 0.222 e. The molecule has 0 bridgehead atoms. The number of hydrogen-bond donors (Lipinski definition) is 8. The molecule has 0 fully saturated rings. The number of aliphatic hydroxyl groups is 2. The molecule has 0 spiro atoms. The van der Waals surface area contributed by atoms with Gasteiger partial charge in [0.1, 0.15) is 11.6 Å². The number of unbranched alkanes of at least 4 members (excludes halogenated alkanes) is 2. The number of nitrogen functional groups attached to an aromatic ring is 2. The highest BCUT2D eigenvalue weighted by molar-refractivity contribution is 5.96. The maximum absolute atomic E-state index is 13.1. The van der Waals surface area contributed by atoms with Crippen molar-refractivity contribution in [3.05, 3.63) is 233 Å². The Labute approximate surface area is 753 Å². The molecule has 0 aliphatic carbocycles. The van der Waals surface area contributed by atoms with E-state index in [0.717, 1.165) is 207 Å². The topological polar surface area (TPSA) is 247 Å². The second-order valence-electron chi connectivity index (χ2n) is 35.8. The number of nitrogens with two attached hydrogens (primary N) is 2. The van der Waals surface area contributed by atoms with E-state index in [0.29, 0.717) is 69.4 Å².